The summed E-state index contributed by atoms with van der Waals surface area (Å²) in [5, 5.41) is 0. The second kappa shape index (κ2) is 10.3. The fourth-order valence-corrected chi connectivity index (χ4v) is 1.81. The fourth-order valence-electron chi connectivity index (χ4n) is 1.81. The van der Waals surface area contributed by atoms with Crippen LogP contribution >= 0.6 is 12.4 Å². The Balaban J connectivity index is 0.00000441. The zero-order valence-corrected chi connectivity index (χ0v) is 14.6. The highest BCUT2D eigenvalue weighted by Crippen LogP contribution is 2.28. The summed E-state index contributed by atoms with van der Waals surface area (Å²) in [5.41, 5.74) is 6.17. The smallest absolute Gasteiger partial charge is 0.254 e. The summed E-state index contributed by atoms with van der Waals surface area (Å²) in [6, 6.07) is 5.24. The first-order chi connectivity index (χ1) is 10.0. The molecule has 0 aliphatic heterocycles. The van der Waals surface area contributed by atoms with Crippen LogP contribution in [-0.2, 0) is 0 Å². The molecule has 1 aromatic rings. The van der Waals surface area contributed by atoms with Gasteiger partial charge in [-0.1, -0.05) is 13.3 Å². The van der Waals surface area contributed by atoms with E-state index in [1.54, 1.807) is 37.3 Å². The van der Waals surface area contributed by atoms with Crippen molar-refractivity contribution in [1.82, 2.24) is 4.90 Å². The number of ether oxygens (including phenoxy) is 2. The van der Waals surface area contributed by atoms with Gasteiger partial charge in [0.2, 0.25) is 0 Å². The van der Waals surface area contributed by atoms with Crippen LogP contribution in [0.25, 0.3) is 0 Å². The van der Waals surface area contributed by atoms with Crippen molar-refractivity contribution in [3.63, 3.8) is 0 Å². The van der Waals surface area contributed by atoms with Gasteiger partial charge >= 0.3 is 0 Å². The average Bonchev–Trinajstić information content (AvgIpc) is 2.53. The lowest BCUT2D eigenvalue weighted by Gasteiger charge is -2.24. The molecule has 1 rings (SSSR count). The standard InChI is InChI=1S/C16H26N2O3.ClH/c1-5-6-9-21-14-8-7-13(10-15(14)20-4)16(19)18(3)12(2)11-17;/h7-8,10,12H,5-6,9,11,17H2,1-4H3;1H. The maximum atomic E-state index is 12.4. The van der Waals surface area contributed by atoms with E-state index in [0.717, 1.165) is 12.8 Å². The summed E-state index contributed by atoms with van der Waals surface area (Å²) in [4.78, 5) is 14.0. The molecule has 22 heavy (non-hydrogen) atoms. The number of rotatable bonds is 8. The SMILES string of the molecule is CCCCOc1ccc(C(=O)N(C)C(C)CN)cc1OC.Cl. The number of carbonyl (C=O) groups excluding carboxylic acids is 1. The first-order valence-electron chi connectivity index (χ1n) is 7.33. The van der Waals surface area contributed by atoms with Gasteiger partial charge in [-0.2, -0.15) is 0 Å². The summed E-state index contributed by atoms with van der Waals surface area (Å²) in [6.07, 6.45) is 2.06. The molecular formula is C16H27ClN2O3. The molecule has 5 nitrogen and oxygen atoms in total. The summed E-state index contributed by atoms with van der Waals surface area (Å²) in [5.74, 6) is 1.16. The molecular weight excluding hydrogens is 304 g/mol. The average molecular weight is 331 g/mol. The highest BCUT2D eigenvalue weighted by molar-refractivity contribution is 5.95. The Labute approximate surface area is 139 Å². The number of carbonyl (C=O) groups is 1. The third-order valence-corrected chi connectivity index (χ3v) is 3.49. The number of hydrogen-bond donors (Lipinski definition) is 1. The number of amides is 1. The van der Waals surface area contributed by atoms with E-state index < -0.39 is 0 Å². The lowest BCUT2D eigenvalue weighted by atomic mass is 10.1. The minimum atomic E-state index is -0.0774. The lowest BCUT2D eigenvalue weighted by Crippen LogP contribution is -2.39. The molecule has 0 aliphatic carbocycles. The highest BCUT2D eigenvalue weighted by Gasteiger charge is 2.18. The van der Waals surface area contributed by atoms with Gasteiger partial charge in [0.25, 0.3) is 5.91 Å². The van der Waals surface area contributed by atoms with Crippen LogP contribution in [0.5, 0.6) is 11.5 Å². The van der Waals surface area contributed by atoms with Gasteiger partial charge in [-0.3, -0.25) is 4.79 Å². The number of likely N-dealkylation sites (N-methyl/N-ethyl adjacent to an activating group) is 1. The van der Waals surface area contributed by atoms with Gasteiger partial charge in [-0.05, 0) is 31.5 Å². The summed E-state index contributed by atoms with van der Waals surface area (Å²) >= 11 is 0. The van der Waals surface area contributed by atoms with Crippen molar-refractivity contribution in [2.75, 3.05) is 27.3 Å². The van der Waals surface area contributed by atoms with Crippen LogP contribution in [0.15, 0.2) is 18.2 Å². The lowest BCUT2D eigenvalue weighted by molar-refractivity contribution is 0.0748. The summed E-state index contributed by atoms with van der Waals surface area (Å²) in [7, 11) is 3.32. The Kier molecular flexibility index (Phi) is 9.61. The van der Waals surface area contributed by atoms with Crippen molar-refractivity contribution < 1.29 is 14.3 Å². The number of benzene rings is 1. The third-order valence-electron chi connectivity index (χ3n) is 3.49. The monoisotopic (exact) mass is 330 g/mol. The maximum absolute atomic E-state index is 12.4. The molecule has 6 heteroatoms. The molecule has 0 fully saturated rings. The molecule has 0 bridgehead atoms. The molecule has 1 atom stereocenters. The number of nitrogens with zero attached hydrogens (tertiary/aromatic N) is 1. The Morgan fingerprint density at radius 1 is 1.36 bits per heavy atom. The molecule has 0 saturated heterocycles. The first kappa shape index (κ1) is 20.5. The number of nitrogens with two attached hydrogens (primary N) is 1. The van der Waals surface area contributed by atoms with E-state index in [1.807, 2.05) is 6.92 Å². The topological polar surface area (TPSA) is 64.8 Å². The minimum absolute atomic E-state index is 0. The predicted octanol–water partition coefficient (Wildman–Crippen LogP) is 2.72. The van der Waals surface area contributed by atoms with Gasteiger partial charge in [-0.15, -0.1) is 12.4 Å². The first-order valence-corrected chi connectivity index (χ1v) is 7.33. The van der Waals surface area contributed by atoms with Crippen LogP contribution < -0.4 is 15.2 Å². The number of methoxy groups -OCH3 is 1. The normalized spacial score (nSPS) is 11.3. The number of hydrogen-bond acceptors (Lipinski definition) is 4. The third kappa shape index (κ3) is 5.39. The van der Waals surface area contributed by atoms with Gasteiger partial charge < -0.3 is 20.1 Å². The predicted molar refractivity (Wildman–Crippen MR) is 91.3 cm³/mol. The van der Waals surface area contributed by atoms with Crippen molar-refractivity contribution in [3.05, 3.63) is 23.8 Å². The number of unbranched alkanes of at least 4 members (excludes halogenated alkanes) is 1. The van der Waals surface area contributed by atoms with E-state index in [9.17, 15) is 4.79 Å². The molecule has 0 spiro atoms. The van der Waals surface area contributed by atoms with Gasteiger partial charge in [0, 0.05) is 25.2 Å². The van der Waals surface area contributed by atoms with Crippen molar-refractivity contribution in [2.45, 2.75) is 32.7 Å². The zero-order valence-electron chi connectivity index (χ0n) is 13.8. The van der Waals surface area contributed by atoms with Crippen LogP contribution in [0.4, 0.5) is 0 Å². The van der Waals surface area contributed by atoms with Crippen LogP contribution in [0.3, 0.4) is 0 Å². The van der Waals surface area contributed by atoms with Gasteiger partial charge in [0.1, 0.15) is 0 Å². The molecule has 2 N–H and O–H groups in total. The van der Waals surface area contributed by atoms with E-state index in [1.165, 1.54) is 0 Å². The van der Waals surface area contributed by atoms with Crippen LogP contribution in [0.1, 0.15) is 37.0 Å². The Bertz CT molecular complexity index is 469. The van der Waals surface area contributed by atoms with Crippen LogP contribution in [-0.4, -0.2) is 44.2 Å². The molecule has 126 valence electrons. The summed E-state index contributed by atoms with van der Waals surface area (Å²) in [6.45, 7) is 5.09. The molecule has 0 saturated carbocycles. The Morgan fingerprint density at radius 3 is 2.59 bits per heavy atom. The molecule has 0 aromatic heterocycles. The zero-order chi connectivity index (χ0) is 15.8. The number of halogens is 1. The summed E-state index contributed by atoms with van der Waals surface area (Å²) < 4.78 is 11.0. The van der Waals surface area contributed by atoms with Gasteiger partial charge in [-0.25, -0.2) is 0 Å². The van der Waals surface area contributed by atoms with Crippen molar-refractivity contribution >= 4 is 18.3 Å². The molecule has 1 amide bonds. The Hall–Kier alpha value is -1.46. The highest BCUT2D eigenvalue weighted by atomic mass is 35.5. The molecule has 0 heterocycles. The fraction of sp³-hybridized carbons (Fsp3) is 0.562. The molecule has 0 aliphatic rings. The Morgan fingerprint density at radius 2 is 2.05 bits per heavy atom. The largest absolute Gasteiger partial charge is 0.493 e. The quantitative estimate of drug-likeness (QED) is 0.744. The minimum Gasteiger partial charge on any atom is -0.493 e. The van der Waals surface area contributed by atoms with Crippen LogP contribution in [0, 0.1) is 0 Å². The van der Waals surface area contributed by atoms with E-state index in [0.29, 0.717) is 30.2 Å². The van der Waals surface area contributed by atoms with Crippen molar-refractivity contribution in [1.29, 1.82) is 0 Å². The van der Waals surface area contributed by atoms with Crippen molar-refractivity contribution in [2.24, 2.45) is 5.73 Å². The second-order valence-electron chi connectivity index (χ2n) is 5.07. The molecule has 0 radical (unpaired) electrons. The van der Waals surface area contributed by atoms with E-state index in [4.69, 9.17) is 15.2 Å². The van der Waals surface area contributed by atoms with Crippen LogP contribution in [0.2, 0.25) is 0 Å². The van der Waals surface area contributed by atoms with Crippen molar-refractivity contribution in [3.8, 4) is 11.5 Å². The van der Waals surface area contributed by atoms with Gasteiger partial charge in [0.05, 0.1) is 13.7 Å². The molecule has 1 aromatic carbocycles. The van der Waals surface area contributed by atoms with E-state index in [2.05, 4.69) is 6.92 Å². The second-order valence-corrected chi connectivity index (χ2v) is 5.07. The maximum Gasteiger partial charge on any atom is 0.254 e. The van der Waals surface area contributed by atoms with E-state index in [-0.39, 0.29) is 24.4 Å². The van der Waals surface area contributed by atoms with E-state index >= 15 is 0 Å². The molecule has 1 unspecified atom stereocenters. The van der Waals surface area contributed by atoms with Gasteiger partial charge in [0.15, 0.2) is 11.5 Å².